The van der Waals surface area contributed by atoms with Gasteiger partial charge in [0.15, 0.2) is 11.6 Å². The Morgan fingerprint density at radius 2 is 1.55 bits per heavy atom. The predicted octanol–water partition coefficient (Wildman–Crippen LogP) is 6.81. The quantitative estimate of drug-likeness (QED) is 0.158. The van der Waals surface area contributed by atoms with E-state index in [1.54, 1.807) is 48.7 Å². The van der Waals surface area contributed by atoms with Crippen molar-refractivity contribution < 1.29 is 32.7 Å². The fraction of sp³-hybridized carbons (Fsp3) is 0.172. The lowest BCUT2D eigenvalue weighted by atomic mass is 10.0. The minimum absolute atomic E-state index is 0.110. The molecule has 0 saturated carbocycles. The Morgan fingerprint density at radius 3 is 2.15 bits per heavy atom. The van der Waals surface area contributed by atoms with Crippen LogP contribution >= 0.6 is 22.7 Å². The van der Waals surface area contributed by atoms with Gasteiger partial charge in [0, 0.05) is 28.6 Å². The highest BCUT2D eigenvalue weighted by Gasteiger charge is 2.30. The van der Waals surface area contributed by atoms with Crippen molar-refractivity contribution in [3.05, 3.63) is 98.1 Å². The largest absolute Gasteiger partial charge is 0.506 e. The van der Waals surface area contributed by atoms with Crippen LogP contribution in [0.5, 0.6) is 5.75 Å². The number of ketones is 2. The topological polar surface area (TPSA) is 110 Å². The van der Waals surface area contributed by atoms with Crippen molar-refractivity contribution in [3.8, 4) is 16.2 Å². The van der Waals surface area contributed by atoms with Crippen LogP contribution in [0.1, 0.15) is 59.7 Å². The molecule has 40 heavy (non-hydrogen) atoms. The summed E-state index contributed by atoms with van der Waals surface area (Å²) in [6.45, 7) is 1.43. The number of rotatable bonds is 10. The number of hydrogen-bond donors (Lipinski definition) is 2. The number of thiophene rings is 2. The Bertz CT molecular complexity index is 1580. The molecule has 0 unspecified atom stereocenters. The monoisotopic (exact) mass is 584 g/mol. The summed E-state index contributed by atoms with van der Waals surface area (Å²) in [5, 5.41) is 12.3. The first-order valence-electron chi connectivity index (χ1n) is 12.0. The van der Waals surface area contributed by atoms with Crippen LogP contribution in [0.4, 0.5) is 13.2 Å². The molecule has 6 nitrogen and oxygen atoms in total. The molecule has 4 aromatic rings. The van der Waals surface area contributed by atoms with Crippen LogP contribution in [0.3, 0.4) is 0 Å². The summed E-state index contributed by atoms with van der Waals surface area (Å²) in [5.41, 5.74) is 6.95. The van der Waals surface area contributed by atoms with Crippen LogP contribution in [-0.2, 0) is 12.6 Å². The molecule has 206 valence electrons. The lowest BCUT2D eigenvalue weighted by molar-refractivity contribution is -0.137. The molecule has 0 radical (unpaired) electrons. The summed E-state index contributed by atoms with van der Waals surface area (Å²) in [6.07, 6.45) is -3.74. The van der Waals surface area contributed by atoms with E-state index in [4.69, 9.17) is 5.73 Å². The van der Waals surface area contributed by atoms with E-state index >= 15 is 0 Å². The number of aromatic hydroxyl groups is 1. The highest BCUT2D eigenvalue weighted by Crippen LogP contribution is 2.40. The molecule has 2 aromatic carbocycles. The van der Waals surface area contributed by atoms with Gasteiger partial charge in [-0.1, -0.05) is 24.3 Å². The number of benzene rings is 2. The summed E-state index contributed by atoms with van der Waals surface area (Å²) in [4.78, 5) is 42.0. The minimum Gasteiger partial charge on any atom is -0.506 e. The average Bonchev–Trinajstić information content (AvgIpc) is 3.57. The maximum absolute atomic E-state index is 12.8. The molecule has 0 atom stereocenters. The molecule has 0 saturated heterocycles. The van der Waals surface area contributed by atoms with E-state index in [9.17, 15) is 32.7 Å². The van der Waals surface area contributed by atoms with E-state index in [2.05, 4.69) is 4.99 Å². The number of carbonyl (C=O) groups excluding carboxylic acids is 3. The van der Waals surface area contributed by atoms with Gasteiger partial charge in [-0.2, -0.15) is 13.2 Å². The fourth-order valence-corrected chi connectivity index (χ4v) is 5.75. The molecule has 3 N–H and O–H groups in total. The number of nitrogens with two attached hydrogens (primary N) is 1. The Hall–Kier alpha value is -4.09. The van der Waals surface area contributed by atoms with Crippen LogP contribution in [0, 0.1) is 0 Å². The zero-order valence-electron chi connectivity index (χ0n) is 21.1. The second-order valence-corrected chi connectivity index (χ2v) is 10.8. The van der Waals surface area contributed by atoms with Gasteiger partial charge < -0.3 is 10.8 Å². The predicted molar refractivity (Wildman–Crippen MR) is 150 cm³/mol. The van der Waals surface area contributed by atoms with E-state index in [1.165, 1.54) is 12.1 Å². The van der Waals surface area contributed by atoms with E-state index in [0.717, 1.165) is 40.4 Å². The second kappa shape index (κ2) is 12.0. The van der Waals surface area contributed by atoms with Crippen molar-refractivity contribution in [1.29, 1.82) is 0 Å². The van der Waals surface area contributed by atoms with Gasteiger partial charge in [-0.3, -0.25) is 19.4 Å². The Balaban J connectivity index is 1.36. The van der Waals surface area contributed by atoms with Crippen molar-refractivity contribution in [2.24, 2.45) is 10.7 Å². The van der Waals surface area contributed by atoms with E-state index < -0.39 is 17.6 Å². The summed E-state index contributed by atoms with van der Waals surface area (Å²) in [6, 6.07) is 14.4. The number of alkyl halides is 3. The van der Waals surface area contributed by atoms with Crippen LogP contribution < -0.4 is 5.73 Å². The standard InChI is InChI=1S/C29H23F3N2O4S2/c1-16(21-15-39-27(26(21)37)18-7-9-20(10-8-18)29(30,31)32)34-14-23(36)25-13-12-24(40-25)22(35)11-4-17-2-5-19(6-3-17)28(33)38/h2-3,5-10,12-13,15,37H,4,11,14H2,1H3,(H2,33,38). The maximum atomic E-state index is 12.8. The number of primary amides is 1. The summed E-state index contributed by atoms with van der Waals surface area (Å²) < 4.78 is 38.5. The van der Waals surface area contributed by atoms with E-state index in [1.807, 2.05) is 0 Å². The molecule has 0 fully saturated rings. The first-order chi connectivity index (χ1) is 18.9. The van der Waals surface area contributed by atoms with Crippen molar-refractivity contribution in [2.75, 3.05) is 6.54 Å². The molecular formula is C29H23F3N2O4S2. The number of carbonyl (C=O) groups is 3. The number of Topliss-reactive ketones (excluding diaryl/α,β-unsaturated/α-hetero) is 2. The second-order valence-electron chi connectivity index (χ2n) is 8.88. The SMILES string of the molecule is CC(=NCC(=O)c1ccc(C(=O)CCc2ccc(C(N)=O)cc2)s1)c1csc(-c2ccc(C(F)(F)F)cc2)c1O. The number of aliphatic imine (C=N–C) groups is 1. The zero-order chi connectivity index (χ0) is 29.0. The third-order valence-electron chi connectivity index (χ3n) is 6.12. The number of amides is 1. The molecule has 2 heterocycles. The maximum Gasteiger partial charge on any atom is 0.416 e. The van der Waals surface area contributed by atoms with Gasteiger partial charge in [0.25, 0.3) is 0 Å². The van der Waals surface area contributed by atoms with Crippen molar-refractivity contribution in [3.63, 3.8) is 0 Å². The van der Waals surface area contributed by atoms with Crippen LogP contribution in [0.15, 0.2) is 71.0 Å². The first kappa shape index (κ1) is 28.9. The lowest BCUT2D eigenvalue weighted by Crippen LogP contribution is -2.10. The van der Waals surface area contributed by atoms with Gasteiger partial charge in [0.2, 0.25) is 5.91 Å². The first-order valence-corrected chi connectivity index (χ1v) is 13.7. The molecule has 0 aliphatic rings. The Morgan fingerprint density at radius 1 is 0.925 bits per heavy atom. The molecular weight excluding hydrogens is 561 g/mol. The van der Waals surface area contributed by atoms with Gasteiger partial charge in [-0.05, 0) is 60.9 Å². The molecule has 0 spiro atoms. The van der Waals surface area contributed by atoms with Crippen LogP contribution in [0.25, 0.3) is 10.4 Å². The smallest absolute Gasteiger partial charge is 0.416 e. The number of aryl methyl sites for hydroxylation is 1. The van der Waals surface area contributed by atoms with Gasteiger partial charge in [0.05, 0.1) is 20.2 Å². The highest BCUT2D eigenvalue weighted by molar-refractivity contribution is 7.16. The summed E-state index contributed by atoms with van der Waals surface area (Å²) in [5.74, 6) is -1.04. The lowest BCUT2D eigenvalue weighted by Gasteiger charge is -2.07. The average molecular weight is 585 g/mol. The normalized spacial score (nSPS) is 11.9. The Labute approximate surface area is 235 Å². The minimum atomic E-state index is -4.45. The highest BCUT2D eigenvalue weighted by atomic mass is 32.1. The van der Waals surface area contributed by atoms with Gasteiger partial charge in [0.1, 0.15) is 12.3 Å². The van der Waals surface area contributed by atoms with Crippen LogP contribution in [0.2, 0.25) is 0 Å². The number of halogens is 3. The third-order valence-corrected chi connectivity index (χ3v) is 8.31. The molecule has 0 aliphatic heterocycles. The Kier molecular flexibility index (Phi) is 8.65. The molecule has 4 rings (SSSR count). The van der Waals surface area contributed by atoms with Gasteiger partial charge >= 0.3 is 6.18 Å². The van der Waals surface area contributed by atoms with Crippen molar-refractivity contribution in [2.45, 2.75) is 25.9 Å². The van der Waals surface area contributed by atoms with Crippen molar-refractivity contribution >= 4 is 45.9 Å². The third kappa shape index (κ3) is 6.72. The molecule has 2 aromatic heterocycles. The fourth-order valence-electron chi connectivity index (χ4n) is 3.83. The summed E-state index contributed by atoms with van der Waals surface area (Å²) >= 11 is 2.25. The zero-order valence-corrected chi connectivity index (χ0v) is 22.8. The number of hydrogen-bond acceptors (Lipinski definition) is 7. The molecule has 1 amide bonds. The van der Waals surface area contributed by atoms with Crippen molar-refractivity contribution in [1.82, 2.24) is 0 Å². The van der Waals surface area contributed by atoms with E-state index in [-0.39, 0.29) is 30.3 Å². The number of nitrogens with zero attached hydrogens (tertiary/aromatic N) is 1. The molecule has 0 aliphatic carbocycles. The van der Waals surface area contributed by atoms with E-state index in [0.29, 0.717) is 43.5 Å². The van der Waals surface area contributed by atoms with Crippen LogP contribution in [-0.4, -0.2) is 34.8 Å². The van der Waals surface area contributed by atoms with Gasteiger partial charge in [-0.15, -0.1) is 22.7 Å². The molecule has 11 heteroatoms. The van der Waals surface area contributed by atoms with Gasteiger partial charge in [-0.25, -0.2) is 0 Å². The summed E-state index contributed by atoms with van der Waals surface area (Å²) in [7, 11) is 0. The molecule has 0 bridgehead atoms.